The molecule has 1 aromatic carbocycles. The predicted molar refractivity (Wildman–Crippen MR) is 56.8 cm³/mol. The van der Waals surface area contributed by atoms with Gasteiger partial charge in [0.2, 0.25) is 5.91 Å². The molecule has 0 radical (unpaired) electrons. The van der Waals surface area contributed by atoms with Crippen LogP contribution in [0.2, 0.25) is 0 Å². The van der Waals surface area contributed by atoms with E-state index in [0.29, 0.717) is 11.3 Å². The summed E-state index contributed by atoms with van der Waals surface area (Å²) in [7, 11) is 1.67. The molecule has 0 saturated heterocycles. The van der Waals surface area contributed by atoms with Crippen molar-refractivity contribution in [2.75, 3.05) is 18.5 Å². The van der Waals surface area contributed by atoms with Crippen LogP contribution in [0.1, 0.15) is 5.56 Å². The van der Waals surface area contributed by atoms with E-state index in [4.69, 9.17) is 11.5 Å². The molecule has 1 amide bonds. The van der Waals surface area contributed by atoms with Gasteiger partial charge in [-0.05, 0) is 23.8 Å². The molecule has 1 aromatic rings. The van der Waals surface area contributed by atoms with E-state index in [1.807, 2.05) is 0 Å². The Bertz CT molecular complexity index is 368. The smallest absolute Gasteiger partial charge is 0.236 e. The molecule has 0 saturated carbocycles. The summed E-state index contributed by atoms with van der Waals surface area (Å²) in [5, 5.41) is 0. The predicted octanol–water partition coefficient (Wildman–Crippen LogP) is 0.206. The van der Waals surface area contributed by atoms with Crippen LogP contribution in [0.5, 0.6) is 0 Å². The maximum absolute atomic E-state index is 13.1. The van der Waals surface area contributed by atoms with Gasteiger partial charge in [0.25, 0.3) is 0 Å². The average Bonchev–Trinajstić information content (AvgIpc) is 2.15. The van der Waals surface area contributed by atoms with Gasteiger partial charge in [-0.3, -0.25) is 4.79 Å². The molecule has 0 atom stereocenters. The number of likely N-dealkylation sites (N-methyl/N-ethyl adjacent to an activating group) is 1. The SMILES string of the molecule is CN(CC(N)=O)c1cc(F)cc(CN)c1. The lowest BCUT2D eigenvalue weighted by atomic mass is 10.2. The first kappa shape index (κ1) is 11.5. The fourth-order valence-corrected chi connectivity index (χ4v) is 1.30. The quantitative estimate of drug-likeness (QED) is 0.747. The van der Waals surface area contributed by atoms with Crippen LogP contribution in [0, 0.1) is 5.82 Å². The van der Waals surface area contributed by atoms with Crippen molar-refractivity contribution in [3.8, 4) is 0 Å². The number of nitrogens with zero attached hydrogens (tertiary/aromatic N) is 1. The van der Waals surface area contributed by atoms with Crippen molar-refractivity contribution in [2.45, 2.75) is 6.54 Å². The fraction of sp³-hybridized carbons (Fsp3) is 0.300. The zero-order valence-electron chi connectivity index (χ0n) is 8.53. The molecule has 1 rings (SSSR count). The van der Waals surface area contributed by atoms with Gasteiger partial charge in [0.15, 0.2) is 0 Å². The van der Waals surface area contributed by atoms with Crippen molar-refractivity contribution in [1.82, 2.24) is 0 Å². The third-order valence-electron chi connectivity index (χ3n) is 2.01. The first-order chi connectivity index (χ1) is 7.02. The summed E-state index contributed by atoms with van der Waals surface area (Å²) in [6.45, 7) is 0.308. The lowest BCUT2D eigenvalue weighted by molar-refractivity contribution is -0.116. The van der Waals surface area contributed by atoms with Crippen molar-refractivity contribution >= 4 is 11.6 Å². The topological polar surface area (TPSA) is 72.3 Å². The number of rotatable bonds is 4. The number of hydrogen-bond donors (Lipinski definition) is 2. The average molecular weight is 211 g/mol. The monoisotopic (exact) mass is 211 g/mol. The minimum atomic E-state index is -0.462. The molecule has 0 aromatic heterocycles. The third-order valence-corrected chi connectivity index (χ3v) is 2.01. The van der Waals surface area contributed by atoms with E-state index in [2.05, 4.69) is 0 Å². The number of benzene rings is 1. The molecule has 0 bridgehead atoms. The van der Waals surface area contributed by atoms with Gasteiger partial charge < -0.3 is 16.4 Å². The molecule has 0 aliphatic heterocycles. The van der Waals surface area contributed by atoms with E-state index >= 15 is 0 Å². The Balaban J connectivity index is 2.92. The summed E-state index contributed by atoms with van der Waals surface area (Å²) in [6.07, 6.45) is 0. The lowest BCUT2D eigenvalue weighted by Crippen LogP contribution is -2.30. The molecular formula is C10H14FN3O. The Morgan fingerprint density at radius 1 is 1.47 bits per heavy atom. The van der Waals surface area contributed by atoms with Crippen LogP contribution < -0.4 is 16.4 Å². The number of halogens is 1. The summed E-state index contributed by atoms with van der Waals surface area (Å²) in [4.78, 5) is 12.3. The van der Waals surface area contributed by atoms with Gasteiger partial charge in [-0.15, -0.1) is 0 Å². The third kappa shape index (κ3) is 3.21. The van der Waals surface area contributed by atoms with Gasteiger partial charge in [0.1, 0.15) is 5.82 Å². The van der Waals surface area contributed by atoms with E-state index < -0.39 is 5.91 Å². The highest BCUT2D eigenvalue weighted by Crippen LogP contribution is 2.16. The molecule has 4 N–H and O–H groups in total. The van der Waals surface area contributed by atoms with Gasteiger partial charge in [-0.25, -0.2) is 4.39 Å². The molecule has 0 unspecified atom stereocenters. The lowest BCUT2D eigenvalue weighted by Gasteiger charge is -2.18. The number of carbonyl (C=O) groups is 1. The fourth-order valence-electron chi connectivity index (χ4n) is 1.30. The zero-order valence-corrected chi connectivity index (χ0v) is 8.53. The Kier molecular flexibility index (Phi) is 3.62. The molecule has 0 heterocycles. The minimum Gasteiger partial charge on any atom is -0.368 e. The summed E-state index contributed by atoms with van der Waals surface area (Å²) < 4.78 is 13.1. The van der Waals surface area contributed by atoms with E-state index in [9.17, 15) is 9.18 Å². The van der Waals surface area contributed by atoms with Gasteiger partial charge in [0, 0.05) is 19.3 Å². The maximum atomic E-state index is 13.1. The van der Waals surface area contributed by atoms with Crippen molar-refractivity contribution in [2.24, 2.45) is 11.5 Å². The number of nitrogens with two attached hydrogens (primary N) is 2. The number of primary amides is 1. The number of carbonyl (C=O) groups excluding carboxylic acids is 1. The van der Waals surface area contributed by atoms with Crippen LogP contribution in [0.4, 0.5) is 10.1 Å². The second-order valence-corrected chi connectivity index (χ2v) is 3.34. The summed E-state index contributed by atoms with van der Waals surface area (Å²) >= 11 is 0. The summed E-state index contributed by atoms with van der Waals surface area (Å²) in [6, 6.07) is 4.43. The van der Waals surface area contributed by atoms with Crippen LogP contribution in [-0.4, -0.2) is 19.5 Å². The van der Waals surface area contributed by atoms with Crippen LogP contribution >= 0.6 is 0 Å². The molecule has 4 nitrogen and oxygen atoms in total. The molecule has 82 valence electrons. The Labute approximate surface area is 87.7 Å². The van der Waals surface area contributed by atoms with E-state index in [1.54, 1.807) is 18.0 Å². The minimum absolute atomic E-state index is 0.0491. The van der Waals surface area contributed by atoms with Crippen molar-refractivity contribution in [3.05, 3.63) is 29.6 Å². The zero-order chi connectivity index (χ0) is 11.4. The molecule has 5 heteroatoms. The first-order valence-electron chi connectivity index (χ1n) is 4.52. The summed E-state index contributed by atoms with van der Waals surface area (Å²) in [5.74, 6) is -0.833. The molecular weight excluding hydrogens is 197 g/mol. The number of anilines is 1. The van der Waals surface area contributed by atoms with Gasteiger partial charge in [0.05, 0.1) is 6.54 Å². The second kappa shape index (κ2) is 4.75. The van der Waals surface area contributed by atoms with Crippen molar-refractivity contribution < 1.29 is 9.18 Å². The van der Waals surface area contributed by atoms with Crippen molar-refractivity contribution in [3.63, 3.8) is 0 Å². The molecule has 0 fully saturated rings. The van der Waals surface area contributed by atoms with Crippen LogP contribution in [-0.2, 0) is 11.3 Å². The van der Waals surface area contributed by atoms with E-state index in [1.165, 1.54) is 12.1 Å². The molecule has 0 aliphatic rings. The van der Waals surface area contributed by atoms with Crippen LogP contribution in [0.25, 0.3) is 0 Å². The van der Waals surface area contributed by atoms with Gasteiger partial charge in [-0.1, -0.05) is 0 Å². The van der Waals surface area contributed by atoms with Crippen LogP contribution in [0.15, 0.2) is 18.2 Å². The Hall–Kier alpha value is -1.62. The molecule has 0 spiro atoms. The second-order valence-electron chi connectivity index (χ2n) is 3.34. The van der Waals surface area contributed by atoms with Gasteiger partial charge >= 0.3 is 0 Å². The number of amides is 1. The Morgan fingerprint density at radius 3 is 2.67 bits per heavy atom. The van der Waals surface area contributed by atoms with Crippen molar-refractivity contribution in [1.29, 1.82) is 0 Å². The normalized spacial score (nSPS) is 10.1. The van der Waals surface area contributed by atoms with Crippen LogP contribution in [0.3, 0.4) is 0 Å². The standard InChI is InChI=1S/C10H14FN3O/c1-14(6-10(13)15)9-3-7(5-12)2-8(11)4-9/h2-4H,5-6,12H2,1H3,(H2,13,15). The number of hydrogen-bond acceptors (Lipinski definition) is 3. The maximum Gasteiger partial charge on any atom is 0.236 e. The highest BCUT2D eigenvalue weighted by Gasteiger charge is 2.06. The molecule has 0 aliphatic carbocycles. The Morgan fingerprint density at radius 2 is 2.13 bits per heavy atom. The summed E-state index contributed by atoms with van der Waals surface area (Å²) in [5.41, 5.74) is 11.7. The van der Waals surface area contributed by atoms with E-state index in [0.717, 1.165) is 0 Å². The largest absolute Gasteiger partial charge is 0.368 e. The first-order valence-corrected chi connectivity index (χ1v) is 4.52. The highest BCUT2D eigenvalue weighted by atomic mass is 19.1. The van der Waals surface area contributed by atoms with Gasteiger partial charge in [-0.2, -0.15) is 0 Å². The molecule has 15 heavy (non-hydrogen) atoms. The highest BCUT2D eigenvalue weighted by molar-refractivity contribution is 5.79. The van der Waals surface area contributed by atoms with E-state index in [-0.39, 0.29) is 18.9 Å².